The fourth-order valence-corrected chi connectivity index (χ4v) is 5.62. The van der Waals surface area contributed by atoms with E-state index < -0.39 is 18.1 Å². The van der Waals surface area contributed by atoms with Gasteiger partial charge in [0, 0.05) is 25.5 Å². The van der Waals surface area contributed by atoms with E-state index >= 15 is 0 Å². The van der Waals surface area contributed by atoms with Crippen molar-refractivity contribution in [2.24, 2.45) is 5.92 Å². The van der Waals surface area contributed by atoms with Crippen molar-refractivity contribution in [3.05, 3.63) is 52.9 Å². The van der Waals surface area contributed by atoms with Crippen molar-refractivity contribution in [3.63, 3.8) is 0 Å². The molecule has 39 heavy (non-hydrogen) atoms. The van der Waals surface area contributed by atoms with Crippen molar-refractivity contribution in [1.82, 2.24) is 20.4 Å². The van der Waals surface area contributed by atoms with Gasteiger partial charge >= 0.3 is 0 Å². The molecular formula is C28H34N4O6S. The first kappa shape index (κ1) is 28.4. The van der Waals surface area contributed by atoms with Crippen LogP contribution < -0.4 is 10.1 Å². The largest absolute Gasteiger partial charge is 0.475 e. The highest BCUT2D eigenvalue weighted by Gasteiger charge is 2.43. The van der Waals surface area contributed by atoms with Crippen molar-refractivity contribution in [2.75, 3.05) is 13.2 Å². The van der Waals surface area contributed by atoms with E-state index in [9.17, 15) is 19.5 Å². The maximum Gasteiger partial charge on any atom is 0.254 e. The Morgan fingerprint density at radius 1 is 1.28 bits per heavy atom. The minimum atomic E-state index is -0.818. The molecule has 208 valence electrons. The summed E-state index contributed by atoms with van der Waals surface area (Å²) in [6.07, 6.45) is 0.290. The highest BCUT2D eigenvalue weighted by Crippen LogP contribution is 2.33. The van der Waals surface area contributed by atoms with Crippen molar-refractivity contribution >= 4 is 29.4 Å². The molecule has 1 aliphatic heterocycles. The Morgan fingerprint density at radius 2 is 2.03 bits per heavy atom. The maximum atomic E-state index is 13.7. The van der Waals surface area contributed by atoms with Crippen molar-refractivity contribution in [1.29, 1.82) is 0 Å². The number of hydrogen-bond acceptors (Lipinski definition) is 9. The molecule has 3 aromatic rings. The Labute approximate surface area is 231 Å². The molecule has 4 atom stereocenters. The maximum absolute atomic E-state index is 13.7. The molecule has 1 aliphatic rings. The van der Waals surface area contributed by atoms with Gasteiger partial charge in [0.05, 0.1) is 34.8 Å². The highest BCUT2D eigenvalue weighted by atomic mass is 32.1. The average Bonchev–Trinajstić information content (AvgIpc) is 3.64. The fourth-order valence-electron chi connectivity index (χ4n) is 4.81. The lowest BCUT2D eigenvalue weighted by molar-refractivity contribution is -0.141. The number of thiazole rings is 1. The highest BCUT2D eigenvalue weighted by molar-refractivity contribution is 7.13. The number of aliphatic hydroxyl groups is 1. The monoisotopic (exact) mass is 554 g/mol. The summed E-state index contributed by atoms with van der Waals surface area (Å²) >= 11 is 1.58. The molecule has 1 fully saturated rings. The van der Waals surface area contributed by atoms with Crippen LogP contribution in [0.3, 0.4) is 0 Å². The second kappa shape index (κ2) is 12.5. The van der Waals surface area contributed by atoms with Crippen LogP contribution in [-0.4, -0.2) is 63.5 Å². The third-order valence-electron chi connectivity index (χ3n) is 6.87. The number of benzene rings is 1. The molecule has 11 heteroatoms. The van der Waals surface area contributed by atoms with E-state index in [0.29, 0.717) is 5.76 Å². The number of likely N-dealkylation sites (tertiary alicyclic amines) is 1. The summed E-state index contributed by atoms with van der Waals surface area (Å²) < 4.78 is 10.8. The SMILES string of the molecule is Cc1ncsc1-c1ccc([C@H](C)NC(=O)[C@@H]2C[C@@H](O)CN2C(=O)[C@@H](c2cc(OCCC=O)no2)C(C)C)cc1. The molecule has 0 spiro atoms. The first-order valence-corrected chi connectivity index (χ1v) is 13.9. The standard InChI is InChI=1S/C28H34N4O6S/c1-16(2)25(23-13-24(31-38-23)37-11-5-10-33)28(36)32-14-21(34)12-22(32)27(35)30-17(3)19-6-8-20(9-7-19)26-18(4)29-15-39-26/h6-10,13,15-17,21-22,25,34H,5,11-12,14H2,1-4H3,(H,30,35)/t17-,21+,22-,25+/m0/s1. The van der Waals surface area contributed by atoms with Gasteiger partial charge in [-0.1, -0.05) is 38.1 Å². The van der Waals surface area contributed by atoms with Gasteiger partial charge in [-0.05, 0) is 36.0 Å². The third kappa shape index (κ3) is 6.54. The van der Waals surface area contributed by atoms with Crippen molar-refractivity contribution in [3.8, 4) is 16.3 Å². The second-order valence-corrected chi connectivity index (χ2v) is 11.0. The zero-order valence-electron chi connectivity index (χ0n) is 22.5. The molecule has 2 aromatic heterocycles. The number of nitrogens with zero attached hydrogens (tertiary/aromatic N) is 3. The number of carbonyl (C=O) groups is 3. The number of aldehydes is 1. The minimum Gasteiger partial charge on any atom is -0.475 e. The van der Waals surface area contributed by atoms with Gasteiger partial charge < -0.3 is 29.4 Å². The van der Waals surface area contributed by atoms with Crippen LogP contribution in [0.15, 0.2) is 40.4 Å². The fraction of sp³-hybridized carbons (Fsp3) is 0.464. The quantitative estimate of drug-likeness (QED) is 0.271. The average molecular weight is 555 g/mol. The van der Waals surface area contributed by atoms with Crippen LogP contribution in [0.1, 0.15) is 62.6 Å². The van der Waals surface area contributed by atoms with E-state index in [1.54, 1.807) is 11.3 Å². The summed E-state index contributed by atoms with van der Waals surface area (Å²) in [7, 11) is 0. The van der Waals surface area contributed by atoms with Crippen LogP contribution in [0.5, 0.6) is 5.88 Å². The van der Waals surface area contributed by atoms with Gasteiger partial charge in [-0.25, -0.2) is 4.98 Å². The summed E-state index contributed by atoms with van der Waals surface area (Å²) in [5.74, 6) is -1.05. The van der Waals surface area contributed by atoms with Crippen molar-refractivity contribution < 1.29 is 28.8 Å². The molecule has 0 bridgehead atoms. The molecule has 0 radical (unpaired) electrons. The Hall–Kier alpha value is -3.57. The normalized spacial score (nSPS) is 18.7. The molecule has 2 amide bonds. The zero-order valence-corrected chi connectivity index (χ0v) is 23.3. The molecule has 1 aromatic carbocycles. The molecule has 0 aliphatic carbocycles. The van der Waals surface area contributed by atoms with E-state index in [2.05, 4.69) is 15.5 Å². The van der Waals surface area contributed by atoms with Gasteiger partial charge in [-0.2, -0.15) is 0 Å². The van der Waals surface area contributed by atoms with Crippen LogP contribution in [0.2, 0.25) is 0 Å². The first-order chi connectivity index (χ1) is 18.7. The minimum absolute atomic E-state index is 0.0498. The van der Waals surface area contributed by atoms with E-state index in [0.717, 1.165) is 28.0 Å². The number of aromatic nitrogens is 2. The molecule has 0 unspecified atom stereocenters. The summed E-state index contributed by atoms with van der Waals surface area (Å²) in [4.78, 5) is 44.4. The van der Waals surface area contributed by atoms with Gasteiger partial charge in [-0.3, -0.25) is 9.59 Å². The lowest BCUT2D eigenvalue weighted by atomic mass is 9.91. The zero-order chi connectivity index (χ0) is 28.1. The number of aryl methyl sites for hydroxylation is 1. The lowest BCUT2D eigenvalue weighted by Crippen LogP contribution is -2.48. The Kier molecular flexibility index (Phi) is 9.13. The molecule has 2 N–H and O–H groups in total. The van der Waals surface area contributed by atoms with Gasteiger partial charge in [0.15, 0.2) is 5.76 Å². The molecule has 0 saturated carbocycles. The Bertz CT molecular complexity index is 1290. The van der Waals surface area contributed by atoms with Gasteiger partial charge in [0.2, 0.25) is 11.8 Å². The number of hydrogen-bond donors (Lipinski definition) is 2. The summed E-state index contributed by atoms with van der Waals surface area (Å²) in [5, 5.41) is 17.3. The number of aliphatic hydroxyl groups excluding tert-OH is 1. The number of ether oxygens (including phenoxy) is 1. The van der Waals surface area contributed by atoms with Gasteiger partial charge in [-0.15, -0.1) is 11.3 Å². The summed E-state index contributed by atoms with van der Waals surface area (Å²) in [6.45, 7) is 7.81. The van der Waals surface area contributed by atoms with Crippen LogP contribution in [-0.2, 0) is 14.4 Å². The van der Waals surface area contributed by atoms with E-state index in [1.807, 2.05) is 57.5 Å². The topological polar surface area (TPSA) is 135 Å². The third-order valence-corrected chi connectivity index (χ3v) is 7.85. The number of nitrogens with one attached hydrogen (secondary N) is 1. The summed E-state index contributed by atoms with van der Waals surface area (Å²) in [5.41, 5.74) is 4.79. The molecule has 3 heterocycles. The van der Waals surface area contributed by atoms with E-state index in [-0.39, 0.29) is 55.6 Å². The van der Waals surface area contributed by atoms with Gasteiger partial charge in [0.1, 0.15) is 18.2 Å². The summed E-state index contributed by atoms with van der Waals surface area (Å²) in [6, 6.07) is 8.38. The number of amides is 2. The first-order valence-electron chi connectivity index (χ1n) is 13.0. The predicted molar refractivity (Wildman–Crippen MR) is 145 cm³/mol. The van der Waals surface area contributed by atoms with Crippen LogP contribution in [0, 0.1) is 12.8 Å². The van der Waals surface area contributed by atoms with Gasteiger partial charge in [0.25, 0.3) is 5.88 Å². The Balaban J connectivity index is 1.45. The van der Waals surface area contributed by atoms with Crippen LogP contribution in [0.4, 0.5) is 0 Å². The number of β-amino-alcohol motifs (C(OH)–C–C–N with tert-alkyl or cyclic N) is 1. The van der Waals surface area contributed by atoms with Crippen molar-refractivity contribution in [2.45, 2.75) is 64.6 Å². The van der Waals surface area contributed by atoms with Crippen LogP contribution >= 0.6 is 11.3 Å². The van der Waals surface area contributed by atoms with E-state index in [1.165, 1.54) is 11.0 Å². The molecule has 1 saturated heterocycles. The number of carbonyl (C=O) groups excluding carboxylic acids is 3. The molecule has 10 nitrogen and oxygen atoms in total. The Morgan fingerprint density at radius 3 is 2.67 bits per heavy atom. The lowest BCUT2D eigenvalue weighted by Gasteiger charge is -2.29. The predicted octanol–water partition coefficient (Wildman–Crippen LogP) is 3.65. The molecule has 4 rings (SSSR count). The second-order valence-electron chi connectivity index (χ2n) is 10.1. The molecular weight excluding hydrogens is 520 g/mol. The smallest absolute Gasteiger partial charge is 0.254 e. The number of rotatable bonds is 11. The van der Waals surface area contributed by atoms with Crippen LogP contribution in [0.25, 0.3) is 10.4 Å². The van der Waals surface area contributed by atoms with E-state index in [4.69, 9.17) is 9.26 Å².